The number of aromatic nitrogens is 1. The number of likely N-dealkylation sites (tertiary alicyclic amines) is 1. The predicted octanol–water partition coefficient (Wildman–Crippen LogP) is 4.42. The van der Waals surface area contributed by atoms with E-state index < -0.39 is 5.60 Å². The minimum Gasteiger partial charge on any atom is -0.486 e. The molecule has 5 nitrogen and oxygen atoms in total. The molecular formula is C24H24N2O3. The Kier molecular flexibility index (Phi) is 4.02. The molecule has 1 fully saturated rings. The first-order valence-corrected chi connectivity index (χ1v) is 10.1. The first-order chi connectivity index (χ1) is 14.0. The van der Waals surface area contributed by atoms with E-state index in [1.54, 1.807) is 0 Å². The molecule has 1 saturated heterocycles. The van der Waals surface area contributed by atoms with Crippen LogP contribution in [0.3, 0.4) is 0 Å². The highest BCUT2D eigenvalue weighted by Gasteiger charge is 2.44. The highest BCUT2D eigenvalue weighted by atomic mass is 16.5. The van der Waals surface area contributed by atoms with Crippen molar-refractivity contribution in [2.24, 2.45) is 0 Å². The standard InChI is InChI=1S/C24H24N2O3/c1-15-12-19-20(27)14-24(29-21(19)13-16(15)2)7-10-26(11-8-24)23(28)18-5-3-4-17-6-9-25-22(17)18/h3-6,9,12-13,25H,7-8,10-11,14H2,1-2H3. The van der Waals surface area contributed by atoms with Crippen LogP contribution in [0.25, 0.3) is 10.9 Å². The van der Waals surface area contributed by atoms with E-state index in [4.69, 9.17) is 4.74 Å². The number of nitrogens with one attached hydrogen (secondary N) is 1. The third kappa shape index (κ3) is 2.92. The van der Waals surface area contributed by atoms with E-state index in [0.29, 0.717) is 49.2 Å². The van der Waals surface area contributed by atoms with Crippen LogP contribution in [0.15, 0.2) is 42.6 Å². The van der Waals surface area contributed by atoms with Crippen molar-refractivity contribution in [1.82, 2.24) is 9.88 Å². The first-order valence-electron chi connectivity index (χ1n) is 10.1. The number of aryl methyl sites for hydroxylation is 2. The molecule has 1 amide bonds. The van der Waals surface area contributed by atoms with Gasteiger partial charge in [0.1, 0.15) is 11.4 Å². The highest BCUT2D eigenvalue weighted by Crippen LogP contribution is 2.40. The summed E-state index contributed by atoms with van der Waals surface area (Å²) >= 11 is 0. The second kappa shape index (κ2) is 6.48. The summed E-state index contributed by atoms with van der Waals surface area (Å²) in [6, 6.07) is 11.7. The Morgan fingerprint density at radius 1 is 1.10 bits per heavy atom. The fourth-order valence-electron chi connectivity index (χ4n) is 4.58. The van der Waals surface area contributed by atoms with Crippen LogP contribution in [0.2, 0.25) is 0 Å². The maximum atomic E-state index is 13.1. The van der Waals surface area contributed by atoms with Crippen LogP contribution >= 0.6 is 0 Å². The fraction of sp³-hybridized carbons (Fsp3) is 0.333. The average Bonchev–Trinajstić information content (AvgIpc) is 3.19. The number of H-pyrrole nitrogens is 1. The number of aromatic amines is 1. The van der Waals surface area contributed by atoms with Crippen LogP contribution < -0.4 is 4.74 Å². The number of para-hydroxylation sites is 1. The SMILES string of the molecule is Cc1cc2c(cc1C)C(=O)CC1(CCN(C(=O)c3cccc4cc[nH]c34)CC1)O2. The highest BCUT2D eigenvalue weighted by molar-refractivity contribution is 6.05. The number of nitrogens with zero attached hydrogens (tertiary/aromatic N) is 1. The summed E-state index contributed by atoms with van der Waals surface area (Å²) in [5.74, 6) is 0.868. The Morgan fingerprint density at radius 2 is 1.86 bits per heavy atom. The minimum absolute atomic E-state index is 0.0295. The molecule has 0 radical (unpaired) electrons. The summed E-state index contributed by atoms with van der Waals surface area (Å²) < 4.78 is 6.39. The lowest BCUT2D eigenvalue weighted by Gasteiger charge is -2.44. The van der Waals surface area contributed by atoms with Gasteiger partial charge in [-0.2, -0.15) is 0 Å². The maximum absolute atomic E-state index is 13.1. The van der Waals surface area contributed by atoms with E-state index in [1.807, 2.05) is 61.3 Å². The summed E-state index contributed by atoms with van der Waals surface area (Å²) in [5.41, 5.74) is 4.00. The van der Waals surface area contributed by atoms with Crippen LogP contribution in [0.5, 0.6) is 5.75 Å². The van der Waals surface area contributed by atoms with E-state index in [-0.39, 0.29) is 11.7 Å². The molecule has 2 aliphatic rings. The first kappa shape index (κ1) is 18.0. The summed E-state index contributed by atoms with van der Waals surface area (Å²) in [6.45, 7) is 5.22. The molecule has 0 aliphatic carbocycles. The monoisotopic (exact) mass is 388 g/mol. The zero-order valence-electron chi connectivity index (χ0n) is 16.7. The van der Waals surface area contributed by atoms with Gasteiger partial charge in [-0.1, -0.05) is 12.1 Å². The number of hydrogen-bond donors (Lipinski definition) is 1. The van der Waals surface area contributed by atoms with Gasteiger partial charge < -0.3 is 14.6 Å². The van der Waals surface area contributed by atoms with E-state index in [0.717, 1.165) is 22.0 Å². The summed E-state index contributed by atoms with van der Waals surface area (Å²) in [4.78, 5) is 31.0. The van der Waals surface area contributed by atoms with Crippen LogP contribution in [0, 0.1) is 13.8 Å². The van der Waals surface area contributed by atoms with Gasteiger partial charge in [0, 0.05) is 37.5 Å². The van der Waals surface area contributed by atoms with Crippen molar-refractivity contribution in [3.8, 4) is 5.75 Å². The molecule has 5 heteroatoms. The van der Waals surface area contributed by atoms with E-state index >= 15 is 0 Å². The third-order valence-electron chi connectivity index (χ3n) is 6.49. The van der Waals surface area contributed by atoms with Crippen molar-refractivity contribution in [2.75, 3.05) is 13.1 Å². The van der Waals surface area contributed by atoms with Gasteiger partial charge in [-0.15, -0.1) is 0 Å². The molecule has 148 valence electrons. The number of fused-ring (bicyclic) bond motifs is 2. The molecule has 0 bridgehead atoms. The molecular weight excluding hydrogens is 364 g/mol. The Morgan fingerprint density at radius 3 is 2.66 bits per heavy atom. The molecule has 0 unspecified atom stereocenters. The molecule has 1 N–H and O–H groups in total. The Hall–Kier alpha value is -3.08. The predicted molar refractivity (Wildman–Crippen MR) is 112 cm³/mol. The van der Waals surface area contributed by atoms with Crippen LogP contribution in [-0.2, 0) is 0 Å². The third-order valence-corrected chi connectivity index (χ3v) is 6.49. The average molecular weight is 388 g/mol. The molecule has 0 saturated carbocycles. The van der Waals surface area contributed by atoms with Crippen molar-refractivity contribution < 1.29 is 14.3 Å². The molecule has 3 heterocycles. The molecule has 2 aromatic carbocycles. The van der Waals surface area contributed by atoms with Gasteiger partial charge in [0.25, 0.3) is 5.91 Å². The number of rotatable bonds is 1. The van der Waals surface area contributed by atoms with Gasteiger partial charge in [0.15, 0.2) is 5.78 Å². The van der Waals surface area contributed by atoms with Crippen LogP contribution in [0.4, 0.5) is 0 Å². The second-order valence-corrected chi connectivity index (χ2v) is 8.36. The quantitative estimate of drug-likeness (QED) is 0.671. The maximum Gasteiger partial charge on any atom is 0.255 e. The van der Waals surface area contributed by atoms with E-state index in [2.05, 4.69) is 4.98 Å². The van der Waals surface area contributed by atoms with Crippen molar-refractivity contribution in [3.63, 3.8) is 0 Å². The molecule has 0 atom stereocenters. The van der Waals surface area contributed by atoms with Gasteiger partial charge >= 0.3 is 0 Å². The molecule has 1 spiro atoms. The number of amides is 1. The van der Waals surface area contributed by atoms with Crippen molar-refractivity contribution in [2.45, 2.75) is 38.7 Å². The van der Waals surface area contributed by atoms with Gasteiger partial charge in [0.2, 0.25) is 0 Å². The second-order valence-electron chi connectivity index (χ2n) is 8.36. The van der Waals surface area contributed by atoms with E-state index in [9.17, 15) is 9.59 Å². The van der Waals surface area contributed by atoms with E-state index in [1.165, 1.54) is 0 Å². The number of benzene rings is 2. The number of ether oxygens (including phenoxy) is 1. The zero-order valence-corrected chi connectivity index (χ0v) is 16.7. The Bertz CT molecular complexity index is 1140. The number of ketones is 1. The largest absolute Gasteiger partial charge is 0.486 e. The van der Waals surface area contributed by atoms with Gasteiger partial charge in [0.05, 0.1) is 23.1 Å². The number of carbonyl (C=O) groups is 2. The lowest BCUT2D eigenvalue weighted by Crippen LogP contribution is -2.52. The number of hydrogen-bond acceptors (Lipinski definition) is 3. The molecule has 2 aliphatic heterocycles. The molecule has 29 heavy (non-hydrogen) atoms. The Labute approximate surface area is 169 Å². The molecule has 3 aromatic rings. The van der Waals surface area contributed by atoms with Crippen molar-refractivity contribution >= 4 is 22.6 Å². The number of piperidine rings is 1. The van der Waals surface area contributed by atoms with Crippen LogP contribution in [-0.4, -0.2) is 40.3 Å². The van der Waals surface area contributed by atoms with Gasteiger partial charge in [-0.05, 0) is 49.2 Å². The lowest BCUT2D eigenvalue weighted by atomic mass is 9.81. The smallest absolute Gasteiger partial charge is 0.255 e. The Balaban J connectivity index is 1.36. The number of carbonyl (C=O) groups excluding carboxylic acids is 2. The van der Waals surface area contributed by atoms with Gasteiger partial charge in [-0.3, -0.25) is 9.59 Å². The van der Waals surface area contributed by atoms with Crippen LogP contribution in [0.1, 0.15) is 51.1 Å². The summed E-state index contributed by atoms with van der Waals surface area (Å²) in [6.07, 6.45) is 3.57. The summed E-state index contributed by atoms with van der Waals surface area (Å²) in [5, 5.41) is 1.04. The lowest BCUT2D eigenvalue weighted by molar-refractivity contribution is -0.00570. The zero-order chi connectivity index (χ0) is 20.2. The molecule has 5 rings (SSSR count). The van der Waals surface area contributed by atoms with Gasteiger partial charge in [-0.25, -0.2) is 0 Å². The van der Waals surface area contributed by atoms with Crippen molar-refractivity contribution in [3.05, 3.63) is 64.8 Å². The number of Topliss-reactive ketones (excluding diaryl/α,β-unsaturated/α-hetero) is 1. The normalized spacial score (nSPS) is 18.0. The topological polar surface area (TPSA) is 62.4 Å². The minimum atomic E-state index is -0.499. The summed E-state index contributed by atoms with van der Waals surface area (Å²) in [7, 11) is 0. The molecule has 1 aromatic heterocycles. The fourth-order valence-corrected chi connectivity index (χ4v) is 4.58. The van der Waals surface area contributed by atoms with Crippen molar-refractivity contribution in [1.29, 1.82) is 0 Å².